The van der Waals surface area contributed by atoms with E-state index in [2.05, 4.69) is 15.6 Å². The van der Waals surface area contributed by atoms with E-state index in [9.17, 15) is 32.3 Å². The molecule has 4 rings (SSSR count). The number of esters is 1. The number of ether oxygens (including phenoxy) is 1. The third-order valence-corrected chi connectivity index (χ3v) is 8.08. The van der Waals surface area contributed by atoms with Gasteiger partial charge in [-0.1, -0.05) is 25.5 Å². The van der Waals surface area contributed by atoms with Crippen molar-refractivity contribution in [3.05, 3.63) is 53.9 Å². The smallest absolute Gasteiger partial charge is 0.417 e. The van der Waals surface area contributed by atoms with E-state index in [1.165, 1.54) is 4.90 Å². The van der Waals surface area contributed by atoms with Crippen LogP contribution in [0.2, 0.25) is 0 Å². The van der Waals surface area contributed by atoms with Gasteiger partial charge >= 0.3 is 18.2 Å². The van der Waals surface area contributed by atoms with Crippen molar-refractivity contribution in [1.29, 1.82) is 0 Å². The van der Waals surface area contributed by atoms with Gasteiger partial charge in [-0.25, -0.2) is 4.79 Å². The van der Waals surface area contributed by atoms with E-state index >= 15 is 0 Å². The van der Waals surface area contributed by atoms with Gasteiger partial charge in [-0.15, -0.1) is 0 Å². The van der Waals surface area contributed by atoms with Crippen molar-refractivity contribution >= 4 is 35.2 Å². The molecule has 2 aliphatic rings. The first-order chi connectivity index (χ1) is 21.5. The Morgan fingerprint density at radius 2 is 1.76 bits per heavy atom. The third-order valence-electron chi connectivity index (χ3n) is 8.08. The number of alkyl halides is 3. The molecule has 0 bridgehead atoms. The molecule has 2 aliphatic heterocycles. The highest BCUT2D eigenvalue weighted by atomic mass is 19.4. The van der Waals surface area contributed by atoms with Crippen molar-refractivity contribution < 1.29 is 37.1 Å². The summed E-state index contributed by atoms with van der Waals surface area (Å²) in [5.74, 6) is -1.95. The zero-order valence-electron chi connectivity index (χ0n) is 25.4. The van der Waals surface area contributed by atoms with Gasteiger partial charge in [0.15, 0.2) is 0 Å². The van der Waals surface area contributed by atoms with Crippen LogP contribution in [0, 0.1) is 5.92 Å². The Morgan fingerprint density at radius 1 is 1.02 bits per heavy atom. The molecule has 2 fully saturated rings. The van der Waals surface area contributed by atoms with Crippen LogP contribution in [0.15, 0.2) is 42.7 Å². The Morgan fingerprint density at radius 3 is 2.44 bits per heavy atom. The molecule has 1 aromatic carbocycles. The summed E-state index contributed by atoms with van der Waals surface area (Å²) in [6, 6.07) is 6.93. The van der Waals surface area contributed by atoms with E-state index in [-0.39, 0.29) is 25.6 Å². The van der Waals surface area contributed by atoms with Crippen molar-refractivity contribution in [3.63, 3.8) is 0 Å². The van der Waals surface area contributed by atoms with E-state index in [1.54, 1.807) is 24.0 Å². The second-order valence-electron chi connectivity index (χ2n) is 11.0. The van der Waals surface area contributed by atoms with Crippen LogP contribution in [0.4, 0.5) is 29.3 Å². The second-order valence-corrected chi connectivity index (χ2v) is 11.0. The van der Waals surface area contributed by atoms with Crippen LogP contribution >= 0.6 is 0 Å². The molecule has 0 aliphatic carbocycles. The molecule has 0 radical (unpaired) electrons. The number of piperazine rings is 1. The van der Waals surface area contributed by atoms with Gasteiger partial charge in [-0.05, 0) is 44.4 Å². The van der Waals surface area contributed by atoms with E-state index in [1.807, 2.05) is 24.0 Å². The first-order valence-electron chi connectivity index (χ1n) is 15.2. The van der Waals surface area contributed by atoms with Crippen LogP contribution in [-0.2, 0) is 20.5 Å². The average molecular weight is 633 g/mol. The molecule has 1 aromatic heterocycles. The number of amides is 4. The minimum atomic E-state index is -4.71. The molecular formula is C31H39F3N6O5. The van der Waals surface area contributed by atoms with E-state index < -0.39 is 47.2 Å². The molecule has 11 nitrogen and oxygen atoms in total. The first-order valence-corrected chi connectivity index (χ1v) is 15.2. The Kier molecular flexibility index (Phi) is 11.2. The predicted molar refractivity (Wildman–Crippen MR) is 161 cm³/mol. The molecule has 2 saturated heterocycles. The summed E-state index contributed by atoms with van der Waals surface area (Å²) in [4.78, 5) is 60.4. The lowest BCUT2D eigenvalue weighted by Gasteiger charge is -2.44. The summed E-state index contributed by atoms with van der Waals surface area (Å²) in [5, 5.41) is 5.23. The molecule has 244 valence electrons. The maximum atomic E-state index is 13.9. The van der Waals surface area contributed by atoms with Crippen LogP contribution < -0.4 is 15.5 Å². The normalized spacial score (nSPS) is 18.7. The fourth-order valence-corrected chi connectivity index (χ4v) is 6.01. The predicted octanol–water partition coefficient (Wildman–Crippen LogP) is 4.15. The molecule has 4 amide bonds. The third kappa shape index (κ3) is 8.22. The van der Waals surface area contributed by atoms with Gasteiger partial charge in [0.25, 0.3) is 5.91 Å². The van der Waals surface area contributed by atoms with Crippen molar-refractivity contribution in [2.45, 2.75) is 51.7 Å². The van der Waals surface area contributed by atoms with Gasteiger partial charge in [0, 0.05) is 51.2 Å². The number of benzene rings is 1. The zero-order chi connectivity index (χ0) is 32.6. The van der Waals surface area contributed by atoms with Crippen molar-refractivity contribution in [2.24, 2.45) is 5.92 Å². The number of hydrogen-bond donors (Lipinski definition) is 2. The molecule has 0 spiro atoms. The molecule has 45 heavy (non-hydrogen) atoms. The average Bonchev–Trinajstić information content (AvgIpc) is 3.03. The van der Waals surface area contributed by atoms with Gasteiger partial charge in [0.2, 0.25) is 5.91 Å². The standard InChI is InChI=1S/C31H39F3N6O5/c1-3-8-25-21(9-7-14-40(25)29(43)22-19-35-13-12-23(22)31(32,33)34)28(42)39-17-15-38(16-18-39)26-11-6-5-10-24(26)37-30(44)36-20-27(41)45-4-2/h5-6,10-13,19,21,25H,3-4,7-9,14-18,20H2,1-2H3,(H2,36,37,44). The van der Waals surface area contributed by atoms with Crippen LogP contribution in [0.3, 0.4) is 0 Å². The lowest BCUT2D eigenvalue weighted by molar-refractivity contribution is -0.142. The topological polar surface area (TPSA) is 124 Å². The highest BCUT2D eigenvalue weighted by Gasteiger charge is 2.43. The van der Waals surface area contributed by atoms with E-state index in [0.717, 1.165) is 24.1 Å². The number of piperidine rings is 1. The van der Waals surface area contributed by atoms with Crippen LogP contribution in [0.1, 0.15) is 55.5 Å². The number of para-hydroxylation sites is 2. The minimum Gasteiger partial charge on any atom is -0.465 e. The number of pyridine rings is 1. The fourth-order valence-electron chi connectivity index (χ4n) is 6.01. The summed E-state index contributed by atoms with van der Waals surface area (Å²) in [6.45, 7) is 5.56. The van der Waals surface area contributed by atoms with Crippen LogP contribution in [-0.4, -0.2) is 90.5 Å². The SMILES string of the molecule is CCCC1C(C(=O)N2CCN(c3ccccc3NC(=O)NCC(=O)OCC)CC2)CCCN1C(=O)c1cnccc1C(F)(F)F. The lowest BCUT2D eigenvalue weighted by Crippen LogP contribution is -2.56. The van der Waals surface area contributed by atoms with Gasteiger partial charge in [-0.2, -0.15) is 13.2 Å². The summed E-state index contributed by atoms with van der Waals surface area (Å²) in [7, 11) is 0. The van der Waals surface area contributed by atoms with Crippen molar-refractivity contribution in [1.82, 2.24) is 20.1 Å². The number of nitrogens with zero attached hydrogens (tertiary/aromatic N) is 4. The summed E-state index contributed by atoms with van der Waals surface area (Å²) in [5.41, 5.74) is -0.244. The number of halogens is 3. The van der Waals surface area contributed by atoms with Gasteiger partial charge < -0.3 is 30.1 Å². The second kappa shape index (κ2) is 15.1. The number of likely N-dealkylation sites (tertiary alicyclic amines) is 1. The Balaban J connectivity index is 1.42. The van der Waals surface area contributed by atoms with Crippen LogP contribution in [0.25, 0.3) is 0 Å². The van der Waals surface area contributed by atoms with Crippen molar-refractivity contribution in [2.75, 3.05) is 56.1 Å². The first kappa shape index (κ1) is 33.5. The Bertz CT molecular complexity index is 1370. The quantitative estimate of drug-likeness (QED) is 0.398. The Labute approximate surface area is 260 Å². The largest absolute Gasteiger partial charge is 0.465 e. The summed E-state index contributed by atoms with van der Waals surface area (Å²) in [6.07, 6.45) is -0.555. The molecule has 14 heteroatoms. The number of carbonyl (C=O) groups is 4. The number of urea groups is 1. The van der Waals surface area contributed by atoms with Crippen molar-refractivity contribution in [3.8, 4) is 0 Å². The molecule has 3 heterocycles. The maximum absolute atomic E-state index is 13.9. The highest BCUT2D eigenvalue weighted by molar-refractivity contribution is 5.97. The monoisotopic (exact) mass is 632 g/mol. The number of aromatic nitrogens is 1. The zero-order valence-corrected chi connectivity index (χ0v) is 25.4. The maximum Gasteiger partial charge on any atom is 0.417 e. The molecular weight excluding hydrogens is 593 g/mol. The lowest BCUT2D eigenvalue weighted by atomic mass is 9.84. The number of nitrogens with one attached hydrogen (secondary N) is 2. The van der Waals surface area contributed by atoms with E-state index in [4.69, 9.17) is 4.74 Å². The van der Waals surface area contributed by atoms with E-state index in [0.29, 0.717) is 57.5 Å². The van der Waals surface area contributed by atoms with Gasteiger partial charge in [0.05, 0.1) is 35.0 Å². The highest BCUT2D eigenvalue weighted by Crippen LogP contribution is 2.35. The number of carbonyl (C=O) groups excluding carboxylic acids is 4. The van der Waals surface area contributed by atoms with Gasteiger partial charge in [-0.3, -0.25) is 19.4 Å². The molecule has 2 aromatic rings. The molecule has 2 N–H and O–H groups in total. The summed E-state index contributed by atoms with van der Waals surface area (Å²) < 4.78 is 45.9. The number of anilines is 2. The minimum absolute atomic E-state index is 0.113. The van der Waals surface area contributed by atoms with Crippen LogP contribution in [0.5, 0.6) is 0 Å². The number of hydrogen-bond acceptors (Lipinski definition) is 7. The summed E-state index contributed by atoms with van der Waals surface area (Å²) >= 11 is 0. The molecule has 2 atom stereocenters. The molecule has 2 unspecified atom stereocenters. The van der Waals surface area contributed by atoms with Gasteiger partial charge in [0.1, 0.15) is 6.54 Å². The Hall–Kier alpha value is -4.36. The fraction of sp³-hybridized carbons (Fsp3) is 0.516. The molecule has 0 saturated carbocycles. The number of rotatable bonds is 9.